The van der Waals surface area contributed by atoms with E-state index < -0.39 is 4.92 Å². The van der Waals surface area contributed by atoms with E-state index in [1.54, 1.807) is 0 Å². The van der Waals surface area contributed by atoms with Gasteiger partial charge in [-0.25, -0.2) is 4.98 Å². The molecule has 2 heterocycles. The van der Waals surface area contributed by atoms with Gasteiger partial charge in [-0.2, -0.15) is 4.99 Å². The van der Waals surface area contributed by atoms with Gasteiger partial charge in [-0.15, -0.1) is 10.2 Å². The van der Waals surface area contributed by atoms with Gasteiger partial charge in [0.2, 0.25) is 10.9 Å². The van der Waals surface area contributed by atoms with Crippen molar-refractivity contribution in [3.63, 3.8) is 0 Å². The van der Waals surface area contributed by atoms with Gasteiger partial charge >= 0.3 is 5.82 Å². The Morgan fingerprint density at radius 3 is 2.71 bits per heavy atom. The molecule has 14 heavy (non-hydrogen) atoms. The summed E-state index contributed by atoms with van der Waals surface area (Å²) in [5.74, 6) is 0.152. The van der Waals surface area contributed by atoms with E-state index in [0.717, 1.165) is 0 Å². The first-order valence-corrected chi connectivity index (χ1v) is 3.96. The molecule has 0 fully saturated rings. The Morgan fingerprint density at radius 1 is 1.43 bits per heavy atom. The molecule has 0 spiro atoms. The maximum Gasteiger partial charge on any atom is 0.321 e. The van der Waals surface area contributed by atoms with Crippen LogP contribution in [0.1, 0.15) is 5.69 Å². The molecule has 0 saturated carbocycles. The molecule has 0 aromatic carbocycles. The van der Waals surface area contributed by atoms with Crippen molar-refractivity contribution >= 4 is 29.0 Å². The molecular weight excluding hydrogens is 206 g/mol. The smallest absolute Gasteiger partial charge is 0.321 e. The lowest BCUT2D eigenvalue weighted by Gasteiger charge is -1.87. The van der Waals surface area contributed by atoms with E-state index >= 15 is 0 Å². The minimum Gasteiger partial charge on any atom is -0.358 e. The van der Waals surface area contributed by atoms with Gasteiger partial charge in [0.05, 0.1) is 0 Å². The van der Waals surface area contributed by atoms with Crippen LogP contribution in [0.2, 0.25) is 0 Å². The maximum atomic E-state index is 10.3. The zero-order chi connectivity index (χ0) is 10.1. The van der Waals surface area contributed by atoms with Crippen LogP contribution in [0.25, 0.3) is 0 Å². The molecule has 1 aromatic heterocycles. The number of hydrogen-bond acceptors (Lipinski definition) is 4. The normalized spacial score (nSPS) is 14.6. The van der Waals surface area contributed by atoms with E-state index in [2.05, 4.69) is 32.4 Å². The first kappa shape index (κ1) is 8.63. The number of nitrogens with one attached hydrogen (secondary N) is 1. The number of azo groups is 1. The molecule has 0 saturated heterocycles. The molecule has 1 aliphatic heterocycles. The molecule has 0 aliphatic carbocycles. The molecular formula is C6H3N5O2S. The summed E-state index contributed by atoms with van der Waals surface area (Å²) in [7, 11) is 0. The summed E-state index contributed by atoms with van der Waals surface area (Å²) in [5, 5.41) is 17.6. The van der Waals surface area contributed by atoms with Crippen LogP contribution in [0.4, 0.5) is 5.82 Å². The minimum absolute atomic E-state index is 0.115. The molecule has 0 bridgehead atoms. The number of hydrogen-bond donors (Lipinski definition) is 1. The number of H-pyrrole nitrogens is 1. The fourth-order valence-corrected chi connectivity index (χ4v) is 1.09. The van der Waals surface area contributed by atoms with Crippen molar-refractivity contribution in [3.05, 3.63) is 27.9 Å². The highest BCUT2D eigenvalue weighted by Gasteiger charge is 2.16. The van der Waals surface area contributed by atoms with Crippen molar-refractivity contribution < 1.29 is 4.92 Å². The Morgan fingerprint density at radius 2 is 2.21 bits per heavy atom. The number of rotatable bonds is 2. The van der Waals surface area contributed by atoms with E-state index in [1.807, 2.05) is 0 Å². The molecule has 0 radical (unpaired) electrons. The van der Waals surface area contributed by atoms with Crippen molar-refractivity contribution in [2.45, 2.75) is 0 Å². The van der Waals surface area contributed by atoms with Crippen LogP contribution in [-0.2, 0) is 0 Å². The first-order valence-electron chi connectivity index (χ1n) is 3.55. The number of thiocarbonyl (C=S) groups is 1. The molecule has 0 unspecified atom stereocenters. The van der Waals surface area contributed by atoms with Gasteiger partial charge < -0.3 is 10.1 Å². The number of aromatic nitrogens is 1. The number of aromatic amines is 1. The summed E-state index contributed by atoms with van der Waals surface area (Å²) in [5.41, 5.74) is 0.431. The van der Waals surface area contributed by atoms with Gasteiger partial charge in [0.1, 0.15) is 0 Å². The maximum absolute atomic E-state index is 10.3. The predicted molar refractivity (Wildman–Crippen MR) is 51.4 cm³/mol. The average molecular weight is 209 g/mol. The number of nitrogens with zero attached hydrogens (tertiary/aromatic N) is 4. The van der Waals surface area contributed by atoms with Crippen LogP contribution in [0, 0.1) is 10.1 Å². The summed E-state index contributed by atoms with van der Waals surface area (Å²) in [6.45, 7) is 0. The standard InChI is InChI=1S/C6H3N5O2S/c12-11(13)4-2-1-3(7-4)5-8-6(14)10-9-5/h1-2,7H. The molecule has 8 heteroatoms. The van der Waals surface area contributed by atoms with Crippen LogP contribution in [-0.4, -0.2) is 20.9 Å². The van der Waals surface area contributed by atoms with Gasteiger partial charge in [0.15, 0.2) is 5.69 Å². The van der Waals surface area contributed by atoms with Crippen LogP contribution in [0.15, 0.2) is 27.4 Å². The third-order valence-electron chi connectivity index (χ3n) is 1.54. The highest BCUT2D eigenvalue weighted by molar-refractivity contribution is 7.80. The average Bonchev–Trinajstić information content (AvgIpc) is 2.70. The minimum atomic E-state index is -0.533. The lowest BCUT2D eigenvalue weighted by atomic mass is 10.4. The van der Waals surface area contributed by atoms with Crippen LogP contribution < -0.4 is 0 Å². The number of amidine groups is 1. The Bertz CT molecular complexity index is 474. The van der Waals surface area contributed by atoms with Crippen LogP contribution in [0.3, 0.4) is 0 Å². The van der Waals surface area contributed by atoms with Crippen molar-refractivity contribution in [2.75, 3.05) is 0 Å². The third kappa shape index (κ3) is 1.42. The van der Waals surface area contributed by atoms with Gasteiger partial charge in [-0.1, -0.05) is 0 Å². The predicted octanol–water partition coefficient (Wildman–Crippen LogP) is 1.42. The van der Waals surface area contributed by atoms with E-state index in [0.29, 0.717) is 5.69 Å². The Kier molecular flexibility index (Phi) is 1.89. The summed E-state index contributed by atoms with van der Waals surface area (Å²) in [4.78, 5) is 16.1. The quantitative estimate of drug-likeness (QED) is 0.453. The lowest BCUT2D eigenvalue weighted by molar-refractivity contribution is -0.389. The molecule has 70 valence electrons. The fraction of sp³-hybridized carbons (Fsp3) is 0. The van der Waals surface area contributed by atoms with Gasteiger partial charge in [-0.3, -0.25) is 0 Å². The summed E-state index contributed by atoms with van der Waals surface area (Å²) >= 11 is 4.66. The number of aliphatic imine (C=N–C) groups is 1. The van der Waals surface area contributed by atoms with Crippen molar-refractivity contribution in [1.82, 2.24) is 4.98 Å². The third-order valence-corrected chi connectivity index (χ3v) is 1.71. The molecule has 7 nitrogen and oxygen atoms in total. The molecule has 0 amide bonds. The monoisotopic (exact) mass is 209 g/mol. The zero-order valence-electron chi connectivity index (χ0n) is 6.67. The Balaban J connectivity index is 2.35. The molecule has 1 N–H and O–H groups in total. The summed E-state index contributed by atoms with van der Waals surface area (Å²) < 4.78 is 0. The first-order chi connectivity index (χ1) is 6.66. The molecule has 1 aromatic rings. The van der Waals surface area contributed by atoms with Gasteiger partial charge in [-0.05, 0) is 23.2 Å². The van der Waals surface area contributed by atoms with E-state index in [9.17, 15) is 10.1 Å². The Hall–Kier alpha value is -1.96. The summed E-state index contributed by atoms with van der Waals surface area (Å²) in [6.07, 6.45) is 0. The Labute approximate surface area is 82.7 Å². The second-order valence-corrected chi connectivity index (χ2v) is 2.80. The molecule has 2 rings (SSSR count). The van der Waals surface area contributed by atoms with E-state index in [1.165, 1.54) is 12.1 Å². The summed E-state index contributed by atoms with van der Waals surface area (Å²) in [6, 6.07) is 2.83. The molecule has 1 aliphatic rings. The van der Waals surface area contributed by atoms with Gasteiger partial charge in [0.25, 0.3) is 0 Å². The van der Waals surface area contributed by atoms with E-state index in [4.69, 9.17) is 0 Å². The second kappa shape index (κ2) is 3.07. The van der Waals surface area contributed by atoms with E-state index in [-0.39, 0.29) is 16.8 Å². The van der Waals surface area contributed by atoms with Gasteiger partial charge in [0, 0.05) is 6.07 Å². The molecule has 0 atom stereocenters. The van der Waals surface area contributed by atoms with Crippen molar-refractivity contribution in [3.8, 4) is 0 Å². The highest BCUT2D eigenvalue weighted by Crippen LogP contribution is 2.13. The van der Waals surface area contributed by atoms with Crippen molar-refractivity contribution in [1.29, 1.82) is 0 Å². The van der Waals surface area contributed by atoms with Crippen LogP contribution >= 0.6 is 12.2 Å². The largest absolute Gasteiger partial charge is 0.358 e. The number of nitro groups is 1. The van der Waals surface area contributed by atoms with Crippen molar-refractivity contribution in [2.24, 2.45) is 15.2 Å². The zero-order valence-corrected chi connectivity index (χ0v) is 7.48. The SMILES string of the molecule is O=[N+]([O-])c1ccc(C2=NC(=S)N=N2)[nH]1. The highest BCUT2D eigenvalue weighted by atomic mass is 32.1. The van der Waals surface area contributed by atoms with Crippen LogP contribution in [0.5, 0.6) is 0 Å². The second-order valence-electron chi connectivity index (χ2n) is 2.43. The fourth-order valence-electron chi connectivity index (χ4n) is 0.960. The topological polar surface area (TPSA) is 96.0 Å². The lowest BCUT2D eigenvalue weighted by Crippen LogP contribution is -1.95.